The van der Waals surface area contributed by atoms with Gasteiger partial charge in [-0.2, -0.15) is 0 Å². The maximum absolute atomic E-state index is 12.5. The van der Waals surface area contributed by atoms with Crippen LogP contribution in [0.4, 0.5) is 5.95 Å². The summed E-state index contributed by atoms with van der Waals surface area (Å²) in [7, 11) is 0. The minimum atomic E-state index is -0.285. The Kier molecular flexibility index (Phi) is 3.93. The maximum atomic E-state index is 12.5. The highest BCUT2D eigenvalue weighted by molar-refractivity contribution is 5.91. The molecule has 7 heteroatoms. The quantitative estimate of drug-likeness (QED) is 0.927. The molecule has 2 saturated heterocycles. The van der Waals surface area contributed by atoms with Crippen LogP contribution in [0.1, 0.15) is 29.8 Å². The largest absolute Gasteiger partial charge is 0.459 e. The van der Waals surface area contributed by atoms with Crippen molar-refractivity contribution in [3.8, 4) is 0 Å². The molecule has 2 atom stereocenters. The van der Waals surface area contributed by atoms with Gasteiger partial charge in [0.15, 0.2) is 5.76 Å². The SMILES string of the molecule is O=C(c1ccco1)N1CCC[C@]2(C[C@H](Nc3ncccn3)CO2)C1. The Hall–Kier alpha value is -2.41. The number of piperidine rings is 1. The summed E-state index contributed by atoms with van der Waals surface area (Å²) in [6, 6.07) is 5.39. The molecular weight excluding hydrogens is 308 g/mol. The Morgan fingerprint density at radius 3 is 3.00 bits per heavy atom. The Labute approximate surface area is 140 Å². The van der Waals surface area contributed by atoms with Crippen molar-refractivity contribution in [1.29, 1.82) is 0 Å². The number of rotatable bonds is 3. The summed E-state index contributed by atoms with van der Waals surface area (Å²) in [5.41, 5.74) is -0.285. The molecule has 1 N–H and O–H groups in total. The second-order valence-corrected chi connectivity index (χ2v) is 6.42. The number of hydrogen-bond donors (Lipinski definition) is 1. The van der Waals surface area contributed by atoms with Crippen molar-refractivity contribution in [2.45, 2.75) is 30.9 Å². The van der Waals surface area contributed by atoms with Gasteiger partial charge in [-0.05, 0) is 31.0 Å². The van der Waals surface area contributed by atoms with Crippen LogP contribution in [-0.4, -0.2) is 52.1 Å². The number of likely N-dealkylation sites (tertiary alicyclic amines) is 1. The third-order valence-electron chi connectivity index (χ3n) is 4.67. The van der Waals surface area contributed by atoms with Crippen molar-refractivity contribution in [2.24, 2.45) is 0 Å². The Morgan fingerprint density at radius 2 is 2.21 bits per heavy atom. The third kappa shape index (κ3) is 2.99. The van der Waals surface area contributed by atoms with Crippen LogP contribution in [0, 0.1) is 0 Å². The van der Waals surface area contributed by atoms with Crippen molar-refractivity contribution in [3.63, 3.8) is 0 Å². The van der Waals surface area contributed by atoms with Crippen LogP contribution < -0.4 is 5.32 Å². The van der Waals surface area contributed by atoms with Crippen LogP contribution in [-0.2, 0) is 4.74 Å². The summed E-state index contributed by atoms with van der Waals surface area (Å²) >= 11 is 0. The second-order valence-electron chi connectivity index (χ2n) is 6.42. The fraction of sp³-hybridized carbons (Fsp3) is 0.471. The number of aromatic nitrogens is 2. The van der Waals surface area contributed by atoms with Gasteiger partial charge in [-0.15, -0.1) is 0 Å². The lowest BCUT2D eigenvalue weighted by Gasteiger charge is -2.39. The number of hydrogen-bond acceptors (Lipinski definition) is 6. The summed E-state index contributed by atoms with van der Waals surface area (Å²) in [6.07, 6.45) is 7.69. The van der Waals surface area contributed by atoms with E-state index >= 15 is 0 Å². The fourth-order valence-corrected chi connectivity index (χ4v) is 3.61. The predicted octanol–water partition coefficient (Wildman–Crippen LogP) is 1.95. The van der Waals surface area contributed by atoms with Crippen LogP contribution in [0.2, 0.25) is 0 Å². The van der Waals surface area contributed by atoms with Crippen molar-refractivity contribution in [3.05, 3.63) is 42.6 Å². The number of anilines is 1. The Morgan fingerprint density at radius 1 is 1.33 bits per heavy atom. The van der Waals surface area contributed by atoms with Gasteiger partial charge < -0.3 is 19.4 Å². The molecule has 7 nitrogen and oxygen atoms in total. The minimum absolute atomic E-state index is 0.0644. The number of carbonyl (C=O) groups is 1. The third-order valence-corrected chi connectivity index (χ3v) is 4.67. The first-order valence-electron chi connectivity index (χ1n) is 8.24. The van der Waals surface area contributed by atoms with E-state index in [4.69, 9.17) is 9.15 Å². The molecule has 0 aromatic carbocycles. The molecule has 0 bridgehead atoms. The Balaban J connectivity index is 1.41. The molecule has 2 aromatic rings. The maximum Gasteiger partial charge on any atom is 0.289 e. The molecule has 0 unspecified atom stereocenters. The summed E-state index contributed by atoms with van der Waals surface area (Å²) in [6.45, 7) is 1.94. The number of nitrogens with one attached hydrogen (secondary N) is 1. The van der Waals surface area contributed by atoms with Gasteiger partial charge in [-0.3, -0.25) is 4.79 Å². The normalized spacial score (nSPS) is 26.7. The molecule has 0 saturated carbocycles. The zero-order valence-electron chi connectivity index (χ0n) is 13.4. The van der Waals surface area contributed by atoms with E-state index in [1.54, 1.807) is 30.6 Å². The fourth-order valence-electron chi connectivity index (χ4n) is 3.61. The number of furan rings is 1. The van der Waals surface area contributed by atoms with Gasteiger partial charge in [0, 0.05) is 25.4 Å². The van der Waals surface area contributed by atoms with E-state index in [9.17, 15) is 4.79 Å². The minimum Gasteiger partial charge on any atom is -0.459 e. The number of amides is 1. The first kappa shape index (κ1) is 15.1. The zero-order valence-corrected chi connectivity index (χ0v) is 13.4. The van der Waals surface area contributed by atoms with Crippen LogP contribution in [0.15, 0.2) is 41.3 Å². The summed E-state index contributed by atoms with van der Waals surface area (Å²) in [4.78, 5) is 22.7. The molecule has 2 aromatic heterocycles. The van der Waals surface area contributed by atoms with Crippen LogP contribution in [0.3, 0.4) is 0 Å². The van der Waals surface area contributed by atoms with Crippen LogP contribution >= 0.6 is 0 Å². The summed E-state index contributed by atoms with van der Waals surface area (Å²) in [5.74, 6) is 0.936. The van der Waals surface area contributed by atoms with Gasteiger partial charge in [-0.1, -0.05) is 0 Å². The molecule has 0 aliphatic carbocycles. The molecule has 4 rings (SSSR count). The molecule has 126 valence electrons. The highest BCUT2D eigenvalue weighted by atomic mass is 16.5. The lowest BCUT2D eigenvalue weighted by atomic mass is 9.88. The van der Waals surface area contributed by atoms with E-state index in [0.717, 1.165) is 25.8 Å². The van der Waals surface area contributed by atoms with Crippen LogP contribution in [0.25, 0.3) is 0 Å². The zero-order chi connectivity index (χ0) is 16.4. The van der Waals surface area contributed by atoms with Gasteiger partial charge in [0.25, 0.3) is 5.91 Å². The standard InChI is InChI=1S/C17H20N4O3/c22-15(14-4-1-9-23-14)21-8-2-5-17(12-21)10-13(11-24-17)20-16-18-6-3-7-19-16/h1,3-4,6-7,9,13H,2,5,8,10-12H2,(H,18,19,20)/t13-,17-/m0/s1. The van der Waals surface area contributed by atoms with E-state index in [1.807, 2.05) is 4.90 Å². The van der Waals surface area contributed by atoms with Crippen LogP contribution in [0.5, 0.6) is 0 Å². The lowest BCUT2D eigenvalue weighted by molar-refractivity contribution is -0.0452. The molecular formula is C17H20N4O3. The molecule has 1 spiro atoms. The van der Waals surface area contributed by atoms with Gasteiger partial charge in [0.1, 0.15) is 0 Å². The van der Waals surface area contributed by atoms with Gasteiger partial charge in [-0.25, -0.2) is 9.97 Å². The van der Waals surface area contributed by atoms with E-state index in [1.165, 1.54) is 6.26 Å². The smallest absolute Gasteiger partial charge is 0.289 e. The van der Waals surface area contributed by atoms with Crippen molar-refractivity contribution < 1.29 is 13.9 Å². The molecule has 2 fully saturated rings. The molecule has 0 radical (unpaired) electrons. The molecule has 2 aliphatic rings. The highest BCUT2D eigenvalue weighted by Gasteiger charge is 2.45. The second kappa shape index (κ2) is 6.24. The van der Waals surface area contributed by atoms with Crippen molar-refractivity contribution in [2.75, 3.05) is 25.0 Å². The number of ether oxygens (including phenoxy) is 1. The molecule has 24 heavy (non-hydrogen) atoms. The van der Waals surface area contributed by atoms with E-state index in [0.29, 0.717) is 24.9 Å². The van der Waals surface area contributed by atoms with Gasteiger partial charge in [0.05, 0.1) is 31.1 Å². The molecule has 4 heterocycles. The monoisotopic (exact) mass is 328 g/mol. The van der Waals surface area contributed by atoms with Gasteiger partial charge in [0.2, 0.25) is 5.95 Å². The van der Waals surface area contributed by atoms with Crippen molar-refractivity contribution in [1.82, 2.24) is 14.9 Å². The lowest BCUT2D eigenvalue weighted by Crippen LogP contribution is -2.50. The molecule has 2 aliphatic heterocycles. The highest BCUT2D eigenvalue weighted by Crippen LogP contribution is 2.36. The first-order chi connectivity index (χ1) is 11.7. The van der Waals surface area contributed by atoms with E-state index in [-0.39, 0.29) is 17.6 Å². The summed E-state index contributed by atoms with van der Waals surface area (Å²) in [5, 5.41) is 3.31. The molecule has 1 amide bonds. The van der Waals surface area contributed by atoms with Crippen molar-refractivity contribution >= 4 is 11.9 Å². The summed E-state index contributed by atoms with van der Waals surface area (Å²) < 4.78 is 11.4. The predicted molar refractivity (Wildman–Crippen MR) is 86.6 cm³/mol. The Bertz CT molecular complexity index is 691. The van der Waals surface area contributed by atoms with E-state index in [2.05, 4.69) is 15.3 Å². The average Bonchev–Trinajstić information content (AvgIpc) is 3.26. The van der Waals surface area contributed by atoms with Gasteiger partial charge >= 0.3 is 0 Å². The first-order valence-corrected chi connectivity index (χ1v) is 8.24. The number of carbonyl (C=O) groups excluding carboxylic acids is 1. The average molecular weight is 328 g/mol. The number of nitrogens with zero attached hydrogens (tertiary/aromatic N) is 3. The topological polar surface area (TPSA) is 80.5 Å². The van der Waals surface area contributed by atoms with E-state index < -0.39 is 0 Å².